The van der Waals surface area contributed by atoms with Crippen molar-refractivity contribution in [1.29, 1.82) is 5.26 Å². The van der Waals surface area contributed by atoms with Gasteiger partial charge in [-0.05, 0) is 31.0 Å². The fraction of sp³-hybridized carbons (Fsp3) is 0.308. The lowest BCUT2D eigenvalue weighted by atomic mass is 10.0. The van der Waals surface area contributed by atoms with Crippen molar-refractivity contribution in [3.8, 4) is 6.07 Å². The van der Waals surface area contributed by atoms with Crippen LogP contribution >= 0.6 is 0 Å². The second-order valence-electron chi connectivity index (χ2n) is 4.08. The van der Waals surface area contributed by atoms with Gasteiger partial charge in [-0.2, -0.15) is 5.26 Å². The number of hydrogen-bond donors (Lipinski definition) is 0. The number of aromatic nitrogens is 1. The van der Waals surface area contributed by atoms with E-state index in [9.17, 15) is 0 Å². The van der Waals surface area contributed by atoms with Crippen molar-refractivity contribution in [3.63, 3.8) is 0 Å². The molecule has 0 spiro atoms. The Morgan fingerprint density at radius 1 is 1.33 bits per heavy atom. The van der Waals surface area contributed by atoms with Crippen LogP contribution in [0, 0.1) is 25.2 Å². The molecule has 1 aromatic carbocycles. The van der Waals surface area contributed by atoms with Crippen LogP contribution in [0.2, 0.25) is 0 Å². The van der Waals surface area contributed by atoms with Gasteiger partial charge < -0.3 is 4.57 Å². The highest BCUT2D eigenvalue weighted by atomic mass is 14.9. The molecule has 0 N–H and O–H groups in total. The van der Waals surface area contributed by atoms with E-state index in [0.29, 0.717) is 6.42 Å². The molecule has 0 amide bonds. The van der Waals surface area contributed by atoms with E-state index in [2.05, 4.69) is 42.8 Å². The molecule has 0 radical (unpaired) electrons. The van der Waals surface area contributed by atoms with Crippen LogP contribution in [0.1, 0.15) is 16.7 Å². The third-order valence-electron chi connectivity index (χ3n) is 2.76. The Bertz CT molecular complexity index is 556. The van der Waals surface area contributed by atoms with Gasteiger partial charge in [0.05, 0.1) is 18.0 Å². The summed E-state index contributed by atoms with van der Waals surface area (Å²) in [5.41, 5.74) is 4.90. The highest BCUT2D eigenvalue weighted by Gasteiger charge is 2.08. The maximum absolute atomic E-state index is 8.77. The van der Waals surface area contributed by atoms with Crippen LogP contribution in [0.5, 0.6) is 0 Å². The first-order valence-electron chi connectivity index (χ1n) is 5.05. The first-order chi connectivity index (χ1) is 7.13. The monoisotopic (exact) mass is 198 g/mol. The Balaban J connectivity index is 2.82. The molecule has 0 atom stereocenters. The molecule has 0 aliphatic heterocycles. The lowest BCUT2D eigenvalue weighted by Crippen LogP contribution is -1.87. The number of nitrogens with zero attached hydrogens (tertiary/aromatic N) is 2. The van der Waals surface area contributed by atoms with Crippen molar-refractivity contribution < 1.29 is 0 Å². The standard InChI is InChI=1S/C13H14N2/c1-9-6-10(2)13-12(7-9)11(4-5-14)8-15(13)3/h6-8H,4H2,1-3H3. The Kier molecular flexibility index (Phi) is 2.24. The minimum Gasteiger partial charge on any atom is -0.350 e. The van der Waals surface area contributed by atoms with Crippen LogP contribution in [0.15, 0.2) is 18.3 Å². The lowest BCUT2D eigenvalue weighted by molar-refractivity contribution is 0.956. The predicted molar refractivity (Wildman–Crippen MR) is 61.7 cm³/mol. The first-order valence-corrected chi connectivity index (χ1v) is 5.05. The summed E-state index contributed by atoms with van der Waals surface area (Å²) in [6.45, 7) is 4.21. The molecule has 76 valence electrons. The molecule has 2 aromatic rings. The van der Waals surface area contributed by atoms with Crippen molar-refractivity contribution in [2.75, 3.05) is 0 Å². The number of benzene rings is 1. The molecule has 1 heterocycles. The van der Waals surface area contributed by atoms with Crippen LogP contribution in [0.4, 0.5) is 0 Å². The summed E-state index contributed by atoms with van der Waals surface area (Å²) in [6, 6.07) is 6.56. The average molecular weight is 198 g/mol. The van der Waals surface area contributed by atoms with Crippen molar-refractivity contribution in [3.05, 3.63) is 35.0 Å². The zero-order valence-corrected chi connectivity index (χ0v) is 9.33. The van der Waals surface area contributed by atoms with Gasteiger partial charge in [0.25, 0.3) is 0 Å². The number of nitriles is 1. The number of aryl methyl sites for hydroxylation is 3. The Morgan fingerprint density at radius 2 is 2.07 bits per heavy atom. The van der Waals surface area contributed by atoms with Crippen LogP contribution < -0.4 is 0 Å². The summed E-state index contributed by atoms with van der Waals surface area (Å²) in [6.07, 6.45) is 2.54. The van der Waals surface area contributed by atoms with E-state index in [0.717, 1.165) is 5.56 Å². The molecular weight excluding hydrogens is 184 g/mol. The predicted octanol–water partition coefficient (Wildman–Crippen LogP) is 2.86. The second kappa shape index (κ2) is 3.43. The molecule has 2 heteroatoms. The van der Waals surface area contributed by atoms with Gasteiger partial charge in [-0.1, -0.05) is 11.6 Å². The summed E-state index contributed by atoms with van der Waals surface area (Å²) < 4.78 is 2.11. The lowest BCUT2D eigenvalue weighted by Gasteiger charge is -2.02. The van der Waals surface area contributed by atoms with Gasteiger partial charge in [-0.15, -0.1) is 0 Å². The van der Waals surface area contributed by atoms with Gasteiger partial charge in [0.15, 0.2) is 0 Å². The molecule has 0 bridgehead atoms. The second-order valence-corrected chi connectivity index (χ2v) is 4.08. The van der Waals surface area contributed by atoms with E-state index in [1.807, 2.05) is 7.05 Å². The zero-order valence-electron chi connectivity index (χ0n) is 9.33. The van der Waals surface area contributed by atoms with E-state index >= 15 is 0 Å². The molecule has 0 fully saturated rings. The van der Waals surface area contributed by atoms with E-state index in [-0.39, 0.29) is 0 Å². The van der Waals surface area contributed by atoms with Gasteiger partial charge in [0, 0.05) is 18.6 Å². The smallest absolute Gasteiger partial charge is 0.0670 e. The molecule has 2 nitrogen and oxygen atoms in total. The number of hydrogen-bond acceptors (Lipinski definition) is 1. The van der Waals surface area contributed by atoms with Crippen molar-refractivity contribution >= 4 is 10.9 Å². The minimum absolute atomic E-state index is 0.486. The fourth-order valence-corrected chi connectivity index (χ4v) is 2.27. The maximum Gasteiger partial charge on any atom is 0.0670 e. The Morgan fingerprint density at radius 3 is 2.73 bits per heavy atom. The number of rotatable bonds is 1. The highest BCUT2D eigenvalue weighted by molar-refractivity contribution is 5.87. The fourth-order valence-electron chi connectivity index (χ4n) is 2.27. The molecule has 0 aliphatic rings. The molecule has 1 aromatic heterocycles. The van der Waals surface area contributed by atoms with E-state index in [1.54, 1.807) is 0 Å². The molecule has 0 saturated heterocycles. The zero-order chi connectivity index (χ0) is 11.0. The van der Waals surface area contributed by atoms with E-state index in [1.165, 1.54) is 22.0 Å². The maximum atomic E-state index is 8.77. The van der Waals surface area contributed by atoms with Gasteiger partial charge in [-0.25, -0.2) is 0 Å². The first kappa shape index (κ1) is 9.79. The van der Waals surface area contributed by atoms with Gasteiger partial charge in [0.2, 0.25) is 0 Å². The SMILES string of the molecule is Cc1cc(C)c2c(c1)c(CC#N)cn2C. The van der Waals surface area contributed by atoms with Crippen LogP contribution in [0.25, 0.3) is 10.9 Å². The number of fused-ring (bicyclic) bond motifs is 1. The quantitative estimate of drug-likeness (QED) is 0.692. The third kappa shape index (κ3) is 1.50. The molecule has 0 aliphatic carbocycles. The van der Waals surface area contributed by atoms with Gasteiger partial charge in [-0.3, -0.25) is 0 Å². The molecule has 2 rings (SSSR count). The van der Waals surface area contributed by atoms with Gasteiger partial charge >= 0.3 is 0 Å². The summed E-state index contributed by atoms with van der Waals surface area (Å²) in [4.78, 5) is 0. The summed E-state index contributed by atoms with van der Waals surface area (Å²) in [5, 5.41) is 9.99. The van der Waals surface area contributed by atoms with Crippen molar-refractivity contribution in [2.24, 2.45) is 7.05 Å². The van der Waals surface area contributed by atoms with E-state index in [4.69, 9.17) is 5.26 Å². The summed E-state index contributed by atoms with van der Waals surface area (Å²) >= 11 is 0. The van der Waals surface area contributed by atoms with Gasteiger partial charge in [0.1, 0.15) is 0 Å². The normalized spacial score (nSPS) is 10.5. The third-order valence-corrected chi connectivity index (χ3v) is 2.76. The van der Waals surface area contributed by atoms with Crippen LogP contribution in [0.3, 0.4) is 0 Å². The van der Waals surface area contributed by atoms with Crippen molar-refractivity contribution in [1.82, 2.24) is 4.57 Å². The Labute approximate surface area is 89.7 Å². The molecule has 0 saturated carbocycles. The largest absolute Gasteiger partial charge is 0.350 e. The van der Waals surface area contributed by atoms with Crippen LogP contribution in [-0.4, -0.2) is 4.57 Å². The topological polar surface area (TPSA) is 28.7 Å². The van der Waals surface area contributed by atoms with Crippen LogP contribution in [-0.2, 0) is 13.5 Å². The molecular formula is C13H14N2. The summed E-state index contributed by atoms with van der Waals surface area (Å²) in [7, 11) is 2.03. The summed E-state index contributed by atoms with van der Waals surface area (Å²) in [5.74, 6) is 0. The van der Waals surface area contributed by atoms with E-state index < -0.39 is 0 Å². The minimum atomic E-state index is 0.486. The molecule has 0 unspecified atom stereocenters. The van der Waals surface area contributed by atoms with Crippen molar-refractivity contribution in [2.45, 2.75) is 20.3 Å². The molecule has 15 heavy (non-hydrogen) atoms. The Hall–Kier alpha value is -1.75. The highest BCUT2D eigenvalue weighted by Crippen LogP contribution is 2.25. The average Bonchev–Trinajstić information content (AvgIpc) is 2.43.